The van der Waals surface area contributed by atoms with Gasteiger partial charge in [0, 0.05) is 18.7 Å². The smallest absolute Gasteiger partial charge is 0.263 e. The van der Waals surface area contributed by atoms with Gasteiger partial charge in [-0.1, -0.05) is 24.4 Å². The van der Waals surface area contributed by atoms with E-state index >= 15 is 0 Å². The third kappa shape index (κ3) is 5.19. The van der Waals surface area contributed by atoms with E-state index in [2.05, 4.69) is 5.16 Å². The number of likely N-dealkylation sites (tertiary alicyclic amines) is 1. The Bertz CT molecular complexity index is 570. The maximum atomic E-state index is 13.1. The second kappa shape index (κ2) is 8.45. The maximum Gasteiger partial charge on any atom is 0.263 e. The predicted octanol–water partition coefficient (Wildman–Crippen LogP) is 2.39. The first-order valence-electron chi connectivity index (χ1n) is 7.76. The number of hydrogen-bond acceptors (Lipinski definition) is 3. The highest BCUT2D eigenvalue weighted by molar-refractivity contribution is 5.97. The first-order valence-corrected chi connectivity index (χ1v) is 7.76. The third-order valence-electron chi connectivity index (χ3n) is 3.78. The Morgan fingerprint density at radius 1 is 1.13 bits per heavy atom. The van der Waals surface area contributed by atoms with Gasteiger partial charge < -0.3 is 15.5 Å². The summed E-state index contributed by atoms with van der Waals surface area (Å²) in [5.41, 5.74) is 5.83. The number of benzene rings is 1. The molecule has 0 spiro atoms. The van der Waals surface area contributed by atoms with Crippen LogP contribution in [0, 0.1) is 11.6 Å². The van der Waals surface area contributed by atoms with Crippen molar-refractivity contribution in [2.24, 2.45) is 10.9 Å². The molecule has 126 valence electrons. The van der Waals surface area contributed by atoms with Crippen molar-refractivity contribution >= 4 is 11.7 Å². The Labute approximate surface area is 134 Å². The van der Waals surface area contributed by atoms with E-state index < -0.39 is 11.6 Å². The summed E-state index contributed by atoms with van der Waals surface area (Å²) in [6.07, 6.45) is 5.46. The molecule has 23 heavy (non-hydrogen) atoms. The molecule has 0 atom stereocenters. The van der Waals surface area contributed by atoms with Crippen molar-refractivity contribution < 1.29 is 18.4 Å². The molecule has 2 N–H and O–H groups in total. The molecule has 1 aliphatic heterocycles. The number of nitrogens with two attached hydrogens (primary N) is 1. The molecule has 1 heterocycles. The number of oxime groups is 1. The summed E-state index contributed by atoms with van der Waals surface area (Å²) in [5, 5.41) is 3.60. The summed E-state index contributed by atoms with van der Waals surface area (Å²) in [5.74, 6) is -2.23. The number of halogens is 2. The third-order valence-corrected chi connectivity index (χ3v) is 3.78. The monoisotopic (exact) mass is 325 g/mol. The summed E-state index contributed by atoms with van der Waals surface area (Å²) >= 11 is 0. The molecule has 0 aromatic heterocycles. The van der Waals surface area contributed by atoms with Gasteiger partial charge in [-0.25, -0.2) is 8.78 Å². The molecule has 1 fully saturated rings. The minimum Gasteiger partial charge on any atom is -0.384 e. The average Bonchev–Trinajstić information content (AvgIpc) is 2.49. The van der Waals surface area contributed by atoms with Gasteiger partial charge in [-0.3, -0.25) is 4.79 Å². The molecule has 0 aliphatic carbocycles. The largest absolute Gasteiger partial charge is 0.384 e. The lowest BCUT2D eigenvalue weighted by molar-refractivity contribution is -0.136. The highest BCUT2D eigenvalue weighted by Crippen LogP contribution is 2.11. The topological polar surface area (TPSA) is 67.9 Å². The Morgan fingerprint density at radius 2 is 1.78 bits per heavy atom. The van der Waals surface area contributed by atoms with Gasteiger partial charge in [0.05, 0.1) is 0 Å². The highest BCUT2D eigenvalue weighted by atomic mass is 19.2. The summed E-state index contributed by atoms with van der Waals surface area (Å²) in [7, 11) is 0. The second-order valence-electron chi connectivity index (χ2n) is 5.53. The van der Waals surface area contributed by atoms with Gasteiger partial charge in [-0.2, -0.15) is 0 Å². The zero-order valence-electron chi connectivity index (χ0n) is 12.9. The highest BCUT2D eigenvalue weighted by Gasteiger charge is 2.15. The van der Waals surface area contributed by atoms with Crippen molar-refractivity contribution in [3.05, 3.63) is 35.4 Å². The molecule has 0 saturated carbocycles. The standard InChI is InChI=1S/C16H21F2N3O2/c17-13-7-6-12(10-14(13)18)16(19)20-23-11-15(22)21-8-4-2-1-3-5-9-21/h6-7,10H,1-5,8-9,11H2,(H2,19,20). The Kier molecular flexibility index (Phi) is 6.31. The lowest BCUT2D eigenvalue weighted by Gasteiger charge is -2.24. The molecule has 7 heteroatoms. The van der Waals surface area contributed by atoms with Crippen LogP contribution >= 0.6 is 0 Å². The van der Waals surface area contributed by atoms with Crippen LogP contribution in [0.25, 0.3) is 0 Å². The fourth-order valence-electron chi connectivity index (χ4n) is 2.45. The van der Waals surface area contributed by atoms with E-state index in [1.54, 1.807) is 4.90 Å². The number of carbonyl (C=O) groups is 1. The molecule has 0 unspecified atom stereocenters. The molecular weight excluding hydrogens is 304 g/mol. The molecular formula is C16H21F2N3O2. The van der Waals surface area contributed by atoms with Crippen molar-refractivity contribution in [1.29, 1.82) is 0 Å². The van der Waals surface area contributed by atoms with E-state index in [4.69, 9.17) is 10.6 Å². The van der Waals surface area contributed by atoms with E-state index in [0.717, 1.165) is 50.9 Å². The van der Waals surface area contributed by atoms with E-state index in [1.165, 1.54) is 12.5 Å². The van der Waals surface area contributed by atoms with Crippen molar-refractivity contribution in [2.45, 2.75) is 32.1 Å². The number of amides is 1. The van der Waals surface area contributed by atoms with Gasteiger partial charge in [0.15, 0.2) is 24.1 Å². The Hall–Kier alpha value is -2.18. The van der Waals surface area contributed by atoms with Crippen LogP contribution in [0.1, 0.15) is 37.7 Å². The number of rotatable bonds is 4. The van der Waals surface area contributed by atoms with Crippen LogP contribution in [0.2, 0.25) is 0 Å². The van der Waals surface area contributed by atoms with Gasteiger partial charge in [-0.15, -0.1) is 0 Å². The molecule has 1 aromatic carbocycles. The quantitative estimate of drug-likeness (QED) is 0.525. The zero-order valence-corrected chi connectivity index (χ0v) is 12.9. The zero-order chi connectivity index (χ0) is 16.7. The minimum absolute atomic E-state index is 0.107. The number of carbonyl (C=O) groups excluding carboxylic acids is 1. The number of hydrogen-bond donors (Lipinski definition) is 1. The lowest BCUT2D eigenvalue weighted by Crippen LogP contribution is -2.36. The predicted molar refractivity (Wildman–Crippen MR) is 82.7 cm³/mol. The van der Waals surface area contributed by atoms with E-state index in [9.17, 15) is 13.6 Å². The summed E-state index contributed by atoms with van der Waals surface area (Å²) in [4.78, 5) is 18.8. The molecule has 1 amide bonds. The van der Waals surface area contributed by atoms with E-state index in [1.807, 2.05) is 0 Å². The van der Waals surface area contributed by atoms with Gasteiger partial charge in [0.2, 0.25) is 0 Å². The fourth-order valence-corrected chi connectivity index (χ4v) is 2.45. The van der Waals surface area contributed by atoms with Crippen molar-refractivity contribution in [3.63, 3.8) is 0 Å². The average molecular weight is 325 g/mol. The number of amidine groups is 1. The van der Waals surface area contributed by atoms with Gasteiger partial charge >= 0.3 is 0 Å². The lowest BCUT2D eigenvalue weighted by atomic mass is 10.1. The van der Waals surface area contributed by atoms with Gasteiger partial charge in [0.1, 0.15) is 0 Å². The van der Waals surface area contributed by atoms with E-state index in [-0.39, 0.29) is 23.9 Å². The molecule has 5 nitrogen and oxygen atoms in total. The fraction of sp³-hybridized carbons (Fsp3) is 0.500. The normalized spacial score (nSPS) is 16.6. The second-order valence-corrected chi connectivity index (χ2v) is 5.53. The maximum absolute atomic E-state index is 13.1. The van der Waals surface area contributed by atoms with Crippen LogP contribution < -0.4 is 5.73 Å². The molecule has 1 aliphatic rings. The summed E-state index contributed by atoms with van der Waals surface area (Å²) < 4.78 is 26.0. The Balaban J connectivity index is 1.86. The van der Waals surface area contributed by atoms with Crippen molar-refractivity contribution in [2.75, 3.05) is 19.7 Å². The molecule has 0 bridgehead atoms. The molecule has 0 radical (unpaired) electrons. The van der Waals surface area contributed by atoms with Gasteiger partial charge in [0.25, 0.3) is 5.91 Å². The van der Waals surface area contributed by atoms with Crippen LogP contribution in [0.5, 0.6) is 0 Å². The van der Waals surface area contributed by atoms with E-state index in [0.29, 0.717) is 0 Å². The van der Waals surface area contributed by atoms with Crippen LogP contribution in [0.15, 0.2) is 23.4 Å². The number of nitrogens with zero attached hydrogens (tertiary/aromatic N) is 2. The molecule has 1 saturated heterocycles. The molecule has 2 rings (SSSR count). The van der Waals surface area contributed by atoms with Crippen molar-refractivity contribution in [1.82, 2.24) is 4.90 Å². The Morgan fingerprint density at radius 3 is 2.43 bits per heavy atom. The summed E-state index contributed by atoms with van der Waals surface area (Å²) in [6, 6.07) is 3.18. The van der Waals surface area contributed by atoms with Crippen LogP contribution in [0.3, 0.4) is 0 Å². The van der Waals surface area contributed by atoms with Crippen molar-refractivity contribution in [3.8, 4) is 0 Å². The first-order chi connectivity index (χ1) is 11.1. The summed E-state index contributed by atoms with van der Waals surface area (Å²) in [6.45, 7) is 1.24. The van der Waals surface area contributed by atoms with Gasteiger partial charge in [-0.05, 0) is 31.0 Å². The van der Waals surface area contributed by atoms with Crippen LogP contribution in [-0.4, -0.2) is 36.3 Å². The first kappa shape index (κ1) is 17.2. The SMILES string of the molecule is NC(=NOCC(=O)N1CCCCCCC1)c1ccc(F)c(F)c1. The minimum atomic E-state index is -1.02. The van der Waals surface area contributed by atoms with Crippen LogP contribution in [-0.2, 0) is 9.63 Å². The van der Waals surface area contributed by atoms with Crippen LogP contribution in [0.4, 0.5) is 8.78 Å². The molecule has 1 aromatic rings.